The van der Waals surface area contributed by atoms with Crippen molar-refractivity contribution >= 4 is 18.2 Å². The monoisotopic (exact) mass is 229 g/mol. The fourth-order valence-corrected chi connectivity index (χ4v) is 1.72. The Morgan fingerprint density at radius 1 is 1.73 bits per heavy atom. The van der Waals surface area contributed by atoms with E-state index in [4.69, 9.17) is 12.2 Å². The van der Waals surface area contributed by atoms with Gasteiger partial charge in [-0.05, 0) is 25.6 Å². The Morgan fingerprint density at radius 2 is 2.40 bits per heavy atom. The number of carbonyl (C=O) groups excluding carboxylic acids is 1. The van der Waals surface area contributed by atoms with Crippen molar-refractivity contribution in [1.82, 2.24) is 14.8 Å². The summed E-state index contributed by atoms with van der Waals surface area (Å²) in [5.74, 6) is 0.477. The summed E-state index contributed by atoms with van der Waals surface area (Å²) in [5, 5.41) is 6.77. The zero-order valence-electron chi connectivity index (χ0n) is 9.11. The third kappa shape index (κ3) is 2.44. The second-order valence-electron chi connectivity index (χ2n) is 3.26. The fraction of sp³-hybridized carbons (Fsp3) is 0.667. The number of H-pyrrole nitrogens is 1. The Labute approximate surface area is 93.4 Å². The predicted molar refractivity (Wildman–Crippen MR) is 58.1 cm³/mol. The van der Waals surface area contributed by atoms with Crippen LogP contribution in [-0.4, -0.2) is 27.8 Å². The molecule has 1 N–H and O–H groups in total. The number of aromatic amines is 1. The molecule has 5 nitrogen and oxygen atoms in total. The van der Waals surface area contributed by atoms with Crippen LogP contribution in [0.5, 0.6) is 0 Å². The molecule has 0 radical (unpaired) electrons. The van der Waals surface area contributed by atoms with E-state index < -0.39 is 6.04 Å². The number of aromatic nitrogens is 3. The van der Waals surface area contributed by atoms with Gasteiger partial charge in [-0.2, -0.15) is 5.10 Å². The molecule has 1 heterocycles. The first kappa shape index (κ1) is 11.9. The topological polar surface area (TPSA) is 59.9 Å². The van der Waals surface area contributed by atoms with Crippen LogP contribution in [0.15, 0.2) is 0 Å². The summed E-state index contributed by atoms with van der Waals surface area (Å²) in [4.78, 5) is 11.4. The molecule has 1 unspecified atom stereocenters. The van der Waals surface area contributed by atoms with Gasteiger partial charge in [0, 0.05) is 6.42 Å². The van der Waals surface area contributed by atoms with Crippen LogP contribution in [0.4, 0.5) is 0 Å². The van der Waals surface area contributed by atoms with Gasteiger partial charge in [0.15, 0.2) is 4.77 Å². The quantitative estimate of drug-likeness (QED) is 0.629. The molecule has 0 aliphatic rings. The van der Waals surface area contributed by atoms with E-state index in [1.807, 2.05) is 6.92 Å². The van der Waals surface area contributed by atoms with Crippen LogP contribution in [0, 0.1) is 4.77 Å². The third-order valence-electron chi connectivity index (χ3n) is 2.18. The molecule has 84 valence electrons. The van der Waals surface area contributed by atoms with Gasteiger partial charge in [-0.3, -0.25) is 9.67 Å². The number of methoxy groups -OCH3 is 1. The molecule has 0 fully saturated rings. The zero-order chi connectivity index (χ0) is 11.4. The van der Waals surface area contributed by atoms with E-state index in [1.54, 1.807) is 11.5 Å². The van der Waals surface area contributed by atoms with Crippen molar-refractivity contribution in [3.05, 3.63) is 10.6 Å². The summed E-state index contributed by atoms with van der Waals surface area (Å²) in [6.07, 6.45) is 1.74. The Bertz CT molecular complexity index is 396. The minimum absolute atomic E-state index is 0.315. The number of hydrogen-bond donors (Lipinski definition) is 1. The molecular weight excluding hydrogens is 214 g/mol. The van der Waals surface area contributed by atoms with Crippen LogP contribution >= 0.6 is 12.2 Å². The van der Waals surface area contributed by atoms with Gasteiger partial charge in [-0.25, -0.2) is 4.79 Å². The Balaban J connectivity index is 3.05. The SMILES string of the molecule is CCCc1n[nH]c(=S)n1C(C)C(=O)OC. The minimum Gasteiger partial charge on any atom is -0.467 e. The number of nitrogens with zero attached hydrogens (tertiary/aromatic N) is 2. The molecule has 0 aromatic carbocycles. The molecule has 6 heteroatoms. The smallest absolute Gasteiger partial charge is 0.328 e. The molecule has 0 saturated carbocycles. The Kier molecular flexibility index (Phi) is 4.02. The van der Waals surface area contributed by atoms with Crippen LogP contribution in [-0.2, 0) is 16.0 Å². The number of esters is 1. The van der Waals surface area contributed by atoms with Gasteiger partial charge < -0.3 is 4.74 Å². The Morgan fingerprint density at radius 3 is 2.93 bits per heavy atom. The maximum atomic E-state index is 11.4. The van der Waals surface area contributed by atoms with Gasteiger partial charge in [0.05, 0.1) is 7.11 Å². The van der Waals surface area contributed by atoms with Crippen LogP contribution in [0.2, 0.25) is 0 Å². The van der Waals surface area contributed by atoms with Gasteiger partial charge in [0.25, 0.3) is 0 Å². The maximum absolute atomic E-state index is 11.4. The van der Waals surface area contributed by atoms with Crippen molar-refractivity contribution in [3.8, 4) is 0 Å². The van der Waals surface area contributed by atoms with Gasteiger partial charge in [-0.1, -0.05) is 6.92 Å². The average molecular weight is 229 g/mol. The maximum Gasteiger partial charge on any atom is 0.328 e. The van der Waals surface area contributed by atoms with E-state index in [9.17, 15) is 4.79 Å². The first-order valence-electron chi connectivity index (χ1n) is 4.85. The van der Waals surface area contributed by atoms with Crippen molar-refractivity contribution in [2.75, 3.05) is 7.11 Å². The van der Waals surface area contributed by atoms with E-state index in [-0.39, 0.29) is 5.97 Å². The summed E-state index contributed by atoms with van der Waals surface area (Å²) in [5.41, 5.74) is 0. The molecule has 1 rings (SSSR count). The van der Waals surface area contributed by atoms with Crippen molar-refractivity contribution in [2.45, 2.75) is 32.7 Å². The van der Waals surface area contributed by atoms with E-state index in [2.05, 4.69) is 14.9 Å². The van der Waals surface area contributed by atoms with Crippen LogP contribution in [0.1, 0.15) is 32.1 Å². The molecule has 0 bridgehead atoms. The fourth-order valence-electron chi connectivity index (χ4n) is 1.41. The highest BCUT2D eigenvalue weighted by Gasteiger charge is 2.19. The molecule has 0 spiro atoms. The van der Waals surface area contributed by atoms with Crippen molar-refractivity contribution in [2.24, 2.45) is 0 Å². The number of carbonyl (C=O) groups is 1. The molecular formula is C9H15N3O2S. The second-order valence-corrected chi connectivity index (χ2v) is 3.65. The molecule has 15 heavy (non-hydrogen) atoms. The summed E-state index contributed by atoms with van der Waals surface area (Å²) < 4.78 is 6.83. The average Bonchev–Trinajstić information content (AvgIpc) is 2.58. The lowest BCUT2D eigenvalue weighted by molar-refractivity contribution is -0.144. The third-order valence-corrected chi connectivity index (χ3v) is 2.47. The lowest BCUT2D eigenvalue weighted by atomic mass is 10.3. The Hall–Kier alpha value is -1.17. The van der Waals surface area contributed by atoms with Crippen molar-refractivity contribution in [1.29, 1.82) is 0 Å². The normalized spacial score (nSPS) is 12.5. The van der Waals surface area contributed by atoms with Gasteiger partial charge in [0.2, 0.25) is 0 Å². The molecule has 0 saturated heterocycles. The summed E-state index contributed by atoms with van der Waals surface area (Å²) in [6, 6.07) is -0.428. The molecule has 0 amide bonds. The zero-order valence-corrected chi connectivity index (χ0v) is 9.93. The first-order valence-corrected chi connectivity index (χ1v) is 5.26. The van der Waals surface area contributed by atoms with E-state index >= 15 is 0 Å². The summed E-state index contributed by atoms with van der Waals surface area (Å²) in [6.45, 7) is 3.79. The minimum atomic E-state index is -0.428. The van der Waals surface area contributed by atoms with Gasteiger partial charge in [-0.15, -0.1) is 0 Å². The molecule has 1 aromatic rings. The predicted octanol–water partition coefficient (Wildman–Crippen LogP) is 1.63. The number of hydrogen-bond acceptors (Lipinski definition) is 4. The summed E-state index contributed by atoms with van der Waals surface area (Å²) >= 11 is 5.07. The molecule has 1 aromatic heterocycles. The van der Waals surface area contributed by atoms with Gasteiger partial charge in [0.1, 0.15) is 11.9 Å². The highest BCUT2D eigenvalue weighted by molar-refractivity contribution is 7.71. The number of rotatable bonds is 4. The van der Waals surface area contributed by atoms with Crippen LogP contribution in [0.3, 0.4) is 0 Å². The molecule has 0 aliphatic carbocycles. The van der Waals surface area contributed by atoms with Crippen LogP contribution < -0.4 is 0 Å². The number of ether oxygens (including phenoxy) is 1. The summed E-state index contributed by atoms with van der Waals surface area (Å²) in [7, 11) is 1.36. The van der Waals surface area contributed by atoms with Crippen molar-refractivity contribution in [3.63, 3.8) is 0 Å². The molecule has 0 aliphatic heterocycles. The van der Waals surface area contributed by atoms with Crippen molar-refractivity contribution < 1.29 is 9.53 Å². The highest BCUT2D eigenvalue weighted by atomic mass is 32.1. The van der Waals surface area contributed by atoms with E-state index in [0.717, 1.165) is 18.7 Å². The molecule has 1 atom stereocenters. The van der Waals surface area contributed by atoms with E-state index in [1.165, 1.54) is 7.11 Å². The van der Waals surface area contributed by atoms with E-state index in [0.29, 0.717) is 4.77 Å². The first-order chi connectivity index (χ1) is 7.11. The highest BCUT2D eigenvalue weighted by Crippen LogP contribution is 2.12. The lowest BCUT2D eigenvalue weighted by Crippen LogP contribution is -2.20. The van der Waals surface area contributed by atoms with Crippen LogP contribution in [0.25, 0.3) is 0 Å². The number of nitrogens with one attached hydrogen (secondary N) is 1. The van der Waals surface area contributed by atoms with Gasteiger partial charge >= 0.3 is 5.97 Å². The standard InChI is InChI=1S/C9H15N3O2S/c1-4-5-7-10-11-9(15)12(7)6(2)8(13)14-3/h6H,4-5H2,1-3H3,(H,11,15). The largest absolute Gasteiger partial charge is 0.467 e. The number of aryl methyl sites for hydroxylation is 1. The second kappa shape index (κ2) is 5.06. The lowest BCUT2D eigenvalue weighted by Gasteiger charge is -2.12.